The summed E-state index contributed by atoms with van der Waals surface area (Å²) in [7, 11) is 0. The predicted molar refractivity (Wildman–Crippen MR) is 73.1 cm³/mol. The molecular weight excluding hydrogens is 246 g/mol. The average Bonchev–Trinajstić information content (AvgIpc) is 2.22. The van der Waals surface area contributed by atoms with Gasteiger partial charge in [0.2, 0.25) is 0 Å². The quantitative estimate of drug-likeness (QED) is 0.728. The molecule has 0 heterocycles. The van der Waals surface area contributed by atoms with Gasteiger partial charge in [-0.05, 0) is 40.0 Å². The Bertz CT molecular complexity index is 292. The number of carbonyl (C=O) groups excluding carboxylic acids is 1. The van der Waals surface area contributed by atoms with Gasteiger partial charge in [0, 0.05) is 6.61 Å². The SMILES string of the molecule is CCCCOC1CC(CO)(NC(=O)OC(C)(C)C)C1. The van der Waals surface area contributed by atoms with Crippen molar-refractivity contribution in [3.05, 3.63) is 0 Å². The molecule has 0 unspecified atom stereocenters. The predicted octanol–water partition coefficient (Wildman–Crippen LogP) is 2.22. The second-order valence-corrected chi connectivity index (χ2v) is 6.32. The number of aliphatic hydroxyl groups excluding tert-OH is 1. The van der Waals surface area contributed by atoms with Gasteiger partial charge in [-0.15, -0.1) is 0 Å². The number of carbonyl (C=O) groups is 1. The molecule has 0 atom stereocenters. The Morgan fingerprint density at radius 1 is 1.42 bits per heavy atom. The van der Waals surface area contributed by atoms with Crippen LogP contribution in [0.5, 0.6) is 0 Å². The van der Waals surface area contributed by atoms with Crippen LogP contribution in [-0.2, 0) is 9.47 Å². The molecule has 112 valence electrons. The summed E-state index contributed by atoms with van der Waals surface area (Å²) in [4.78, 5) is 11.7. The summed E-state index contributed by atoms with van der Waals surface area (Å²) in [6.45, 7) is 8.22. The van der Waals surface area contributed by atoms with Gasteiger partial charge < -0.3 is 19.9 Å². The number of hydrogen-bond acceptors (Lipinski definition) is 4. The molecule has 0 aromatic rings. The van der Waals surface area contributed by atoms with E-state index in [-0.39, 0.29) is 12.7 Å². The van der Waals surface area contributed by atoms with Gasteiger partial charge in [0.1, 0.15) is 5.60 Å². The highest BCUT2D eigenvalue weighted by molar-refractivity contribution is 5.69. The van der Waals surface area contributed by atoms with E-state index >= 15 is 0 Å². The normalized spacial score (nSPS) is 26.7. The Morgan fingerprint density at radius 2 is 2.05 bits per heavy atom. The second kappa shape index (κ2) is 6.57. The molecule has 0 saturated heterocycles. The molecule has 0 bridgehead atoms. The van der Waals surface area contributed by atoms with E-state index in [0.717, 1.165) is 19.4 Å². The van der Waals surface area contributed by atoms with Gasteiger partial charge in [0.25, 0.3) is 0 Å². The molecule has 1 saturated carbocycles. The zero-order valence-corrected chi connectivity index (χ0v) is 12.5. The van der Waals surface area contributed by atoms with E-state index in [2.05, 4.69) is 12.2 Å². The summed E-state index contributed by atoms with van der Waals surface area (Å²) in [5, 5.41) is 12.2. The van der Waals surface area contributed by atoms with Crippen LogP contribution in [-0.4, -0.2) is 41.7 Å². The lowest BCUT2D eigenvalue weighted by molar-refractivity contribution is -0.0745. The number of alkyl carbamates (subject to hydrolysis) is 1. The van der Waals surface area contributed by atoms with Gasteiger partial charge in [-0.25, -0.2) is 4.79 Å². The van der Waals surface area contributed by atoms with Crippen LogP contribution in [0.3, 0.4) is 0 Å². The smallest absolute Gasteiger partial charge is 0.408 e. The molecule has 1 aliphatic rings. The highest BCUT2D eigenvalue weighted by Gasteiger charge is 2.46. The molecule has 1 aliphatic carbocycles. The molecule has 2 N–H and O–H groups in total. The molecule has 0 aromatic carbocycles. The van der Waals surface area contributed by atoms with E-state index in [1.165, 1.54) is 0 Å². The van der Waals surface area contributed by atoms with Crippen molar-refractivity contribution in [2.45, 2.75) is 70.6 Å². The highest BCUT2D eigenvalue weighted by atomic mass is 16.6. The fraction of sp³-hybridized carbons (Fsp3) is 0.929. The molecule has 0 radical (unpaired) electrons. The van der Waals surface area contributed by atoms with Crippen LogP contribution in [0, 0.1) is 0 Å². The second-order valence-electron chi connectivity index (χ2n) is 6.32. The first-order valence-electron chi connectivity index (χ1n) is 7.04. The van der Waals surface area contributed by atoms with E-state index in [9.17, 15) is 9.90 Å². The minimum Gasteiger partial charge on any atom is -0.444 e. The first-order valence-corrected chi connectivity index (χ1v) is 7.04. The van der Waals surface area contributed by atoms with Gasteiger partial charge in [-0.1, -0.05) is 13.3 Å². The summed E-state index contributed by atoms with van der Waals surface area (Å²) in [6.07, 6.45) is 3.09. The summed E-state index contributed by atoms with van der Waals surface area (Å²) < 4.78 is 10.9. The molecular formula is C14H27NO4. The standard InChI is InChI=1S/C14H27NO4/c1-5-6-7-18-11-8-14(9-11,10-16)15-12(17)19-13(2,3)4/h11,16H,5-10H2,1-4H3,(H,15,17). The monoisotopic (exact) mass is 273 g/mol. The van der Waals surface area contributed by atoms with Crippen LogP contribution in [0.1, 0.15) is 53.4 Å². The van der Waals surface area contributed by atoms with Gasteiger partial charge in [-0.2, -0.15) is 0 Å². The molecule has 0 spiro atoms. The van der Waals surface area contributed by atoms with E-state index in [1.807, 2.05) is 20.8 Å². The van der Waals surface area contributed by atoms with Crippen LogP contribution in [0.25, 0.3) is 0 Å². The zero-order valence-electron chi connectivity index (χ0n) is 12.5. The van der Waals surface area contributed by atoms with E-state index in [0.29, 0.717) is 12.8 Å². The molecule has 5 nitrogen and oxygen atoms in total. The molecule has 5 heteroatoms. The van der Waals surface area contributed by atoms with Crippen molar-refractivity contribution in [1.29, 1.82) is 0 Å². The van der Waals surface area contributed by atoms with Crippen LogP contribution >= 0.6 is 0 Å². The summed E-state index contributed by atoms with van der Waals surface area (Å²) in [6, 6.07) is 0. The van der Waals surface area contributed by atoms with Crippen molar-refractivity contribution in [1.82, 2.24) is 5.32 Å². The van der Waals surface area contributed by atoms with Crippen molar-refractivity contribution in [3.8, 4) is 0 Å². The zero-order chi connectivity index (χ0) is 14.5. The Balaban J connectivity index is 2.33. The first kappa shape index (κ1) is 16.2. The van der Waals surface area contributed by atoms with Crippen LogP contribution in [0.4, 0.5) is 4.79 Å². The van der Waals surface area contributed by atoms with Crippen molar-refractivity contribution >= 4 is 6.09 Å². The van der Waals surface area contributed by atoms with Gasteiger partial charge in [-0.3, -0.25) is 0 Å². The van der Waals surface area contributed by atoms with Crippen molar-refractivity contribution in [3.63, 3.8) is 0 Å². The maximum absolute atomic E-state index is 11.7. The lowest BCUT2D eigenvalue weighted by atomic mass is 9.75. The van der Waals surface area contributed by atoms with Gasteiger partial charge in [0.05, 0.1) is 18.2 Å². The lowest BCUT2D eigenvalue weighted by Gasteiger charge is -2.46. The average molecular weight is 273 g/mol. The number of hydrogen-bond donors (Lipinski definition) is 2. The summed E-state index contributed by atoms with van der Waals surface area (Å²) in [5.41, 5.74) is -1.10. The van der Waals surface area contributed by atoms with Gasteiger partial charge in [0.15, 0.2) is 0 Å². The first-order chi connectivity index (χ1) is 8.80. The van der Waals surface area contributed by atoms with Gasteiger partial charge >= 0.3 is 6.09 Å². The van der Waals surface area contributed by atoms with Crippen LogP contribution < -0.4 is 5.32 Å². The third-order valence-electron chi connectivity index (χ3n) is 3.16. The van der Waals surface area contributed by atoms with Crippen molar-refractivity contribution in [2.24, 2.45) is 0 Å². The maximum Gasteiger partial charge on any atom is 0.408 e. The van der Waals surface area contributed by atoms with Crippen molar-refractivity contribution in [2.75, 3.05) is 13.2 Å². The number of aliphatic hydroxyl groups is 1. The molecule has 19 heavy (non-hydrogen) atoms. The summed E-state index contributed by atoms with van der Waals surface area (Å²) in [5.74, 6) is 0. The van der Waals surface area contributed by atoms with E-state index in [4.69, 9.17) is 9.47 Å². The lowest BCUT2D eigenvalue weighted by Crippen LogP contribution is -2.62. The largest absolute Gasteiger partial charge is 0.444 e. The topological polar surface area (TPSA) is 67.8 Å². The van der Waals surface area contributed by atoms with Crippen LogP contribution in [0.2, 0.25) is 0 Å². The fourth-order valence-corrected chi connectivity index (χ4v) is 2.11. The third kappa shape index (κ3) is 5.37. The Labute approximate surface area is 115 Å². The van der Waals surface area contributed by atoms with Crippen LogP contribution in [0.15, 0.2) is 0 Å². The van der Waals surface area contributed by atoms with Crippen molar-refractivity contribution < 1.29 is 19.4 Å². The molecule has 0 aliphatic heterocycles. The minimum absolute atomic E-state index is 0.0835. The number of nitrogens with one attached hydrogen (secondary N) is 1. The molecule has 1 amide bonds. The summed E-state index contributed by atoms with van der Waals surface area (Å²) >= 11 is 0. The number of ether oxygens (including phenoxy) is 2. The molecule has 1 rings (SSSR count). The highest BCUT2D eigenvalue weighted by Crippen LogP contribution is 2.34. The Hall–Kier alpha value is -0.810. The minimum atomic E-state index is -0.570. The molecule has 0 aromatic heterocycles. The Morgan fingerprint density at radius 3 is 2.53 bits per heavy atom. The van der Waals surface area contributed by atoms with E-state index in [1.54, 1.807) is 0 Å². The number of amides is 1. The number of unbranched alkanes of at least 4 members (excludes halogenated alkanes) is 1. The maximum atomic E-state index is 11.7. The number of rotatable bonds is 6. The Kier molecular flexibility index (Phi) is 5.62. The fourth-order valence-electron chi connectivity index (χ4n) is 2.11. The third-order valence-corrected chi connectivity index (χ3v) is 3.16. The van der Waals surface area contributed by atoms with E-state index < -0.39 is 17.2 Å². The molecule has 1 fully saturated rings.